The van der Waals surface area contributed by atoms with Crippen molar-refractivity contribution in [3.05, 3.63) is 0 Å². The van der Waals surface area contributed by atoms with Gasteiger partial charge in [0.25, 0.3) is 0 Å². The lowest BCUT2D eigenvalue weighted by atomic mass is 9.81. The summed E-state index contributed by atoms with van der Waals surface area (Å²) in [6, 6.07) is 0. The van der Waals surface area contributed by atoms with Gasteiger partial charge in [0.15, 0.2) is 0 Å². The highest BCUT2D eigenvalue weighted by Crippen LogP contribution is 2.26. The molecule has 15 heavy (non-hydrogen) atoms. The Bertz CT molecular complexity index is 188. The fourth-order valence-corrected chi connectivity index (χ4v) is 2.47. The minimum Gasteiger partial charge on any atom is -0.369 e. The number of rotatable bonds is 6. The Kier molecular flexibility index (Phi) is 5.69. The van der Waals surface area contributed by atoms with Crippen molar-refractivity contribution in [3.63, 3.8) is 0 Å². The summed E-state index contributed by atoms with van der Waals surface area (Å²) >= 11 is 0. The van der Waals surface area contributed by atoms with E-state index in [9.17, 15) is 4.79 Å². The quantitative estimate of drug-likeness (QED) is 0.658. The summed E-state index contributed by atoms with van der Waals surface area (Å²) in [6.07, 6.45) is 6.79. The van der Waals surface area contributed by atoms with E-state index in [1.165, 1.54) is 12.8 Å². The highest BCUT2D eigenvalue weighted by molar-refractivity contribution is 5.76. The van der Waals surface area contributed by atoms with Crippen LogP contribution in [0.15, 0.2) is 0 Å². The lowest BCUT2D eigenvalue weighted by Gasteiger charge is -2.28. The summed E-state index contributed by atoms with van der Waals surface area (Å²) in [5.41, 5.74) is 5.49. The Hall–Kier alpha value is -0.570. The molecule has 1 unspecified atom stereocenters. The van der Waals surface area contributed by atoms with Crippen molar-refractivity contribution < 1.29 is 4.79 Å². The van der Waals surface area contributed by atoms with Crippen LogP contribution in [0, 0.1) is 11.8 Å². The maximum Gasteiger partial charge on any atom is 0.220 e. The third-order valence-electron chi connectivity index (χ3n) is 3.44. The van der Waals surface area contributed by atoms with Crippen molar-refractivity contribution in [2.75, 3.05) is 13.1 Å². The maximum atomic E-state index is 11.4. The van der Waals surface area contributed by atoms with Gasteiger partial charge in [-0.25, -0.2) is 0 Å². The summed E-state index contributed by atoms with van der Waals surface area (Å²) in [5, 5.41) is 3.32. The lowest BCUT2D eigenvalue weighted by Crippen LogP contribution is -2.37. The molecule has 1 fully saturated rings. The van der Waals surface area contributed by atoms with Crippen molar-refractivity contribution in [2.45, 2.75) is 45.4 Å². The number of nitrogens with two attached hydrogens (primary N) is 1. The first kappa shape index (κ1) is 12.5. The van der Waals surface area contributed by atoms with Gasteiger partial charge >= 0.3 is 0 Å². The molecule has 1 aliphatic heterocycles. The van der Waals surface area contributed by atoms with Gasteiger partial charge in [-0.3, -0.25) is 4.79 Å². The van der Waals surface area contributed by atoms with E-state index in [2.05, 4.69) is 12.2 Å². The predicted molar refractivity (Wildman–Crippen MR) is 62.4 cm³/mol. The smallest absolute Gasteiger partial charge is 0.220 e. The van der Waals surface area contributed by atoms with Crippen molar-refractivity contribution in [1.82, 2.24) is 5.32 Å². The summed E-state index contributed by atoms with van der Waals surface area (Å²) < 4.78 is 0. The van der Waals surface area contributed by atoms with Gasteiger partial charge in [0.2, 0.25) is 5.91 Å². The van der Waals surface area contributed by atoms with Gasteiger partial charge in [-0.15, -0.1) is 0 Å². The van der Waals surface area contributed by atoms with E-state index in [1.54, 1.807) is 0 Å². The van der Waals surface area contributed by atoms with E-state index in [0.717, 1.165) is 38.8 Å². The highest BCUT2D eigenvalue weighted by Gasteiger charge is 2.26. The van der Waals surface area contributed by atoms with Crippen LogP contribution in [0.1, 0.15) is 45.4 Å². The number of hydrogen-bond acceptors (Lipinski definition) is 2. The van der Waals surface area contributed by atoms with Gasteiger partial charge in [0, 0.05) is 5.92 Å². The van der Waals surface area contributed by atoms with E-state index in [1.807, 2.05) is 0 Å². The van der Waals surface area contributed by atoms with Crippen LogP contribution in [0.2, 0.25) is 0 Å². The standard InChI is InChI=1S/C12H24N2O/c1-2-3-4-5-11(12(13)15)10-6-8-14-9-7-10/h10-11,14H,2-9H2,1H3,(H2,13,15). The first-order valence-corrected chi connectivity index (χ1v) is 6.25. The molecule has 0 aliphatic carbocycles. The SMILES string of the molecule is CCCCCC(C(N)=O)C1CCNCC1. The Morgan fingerprint density at radius 3 is 2.60 bits per heavy atom. The third kappa shape index (κ3) is 4.20. The number of carbonyl (C=O) groups is 1. The first-order valence-electron chi connectivity index (χ1n) is 6.25. The first-order chi connectivity index (χ1) is 7.25. The van der Waals surface area contributed by atoms with Crippen molar-refractivity contribution in [1.29, 1.82) is 0 Å². The largest absolute Gasteiger partial charge is 0.369 e. The molecular formula is C12H24N2O. The molecule has 3 N–H and O–H groups in total. The van der Waals surface area contributed by atoms with Crippen molar-refractivity contribution in [3.8, 4) is 0 Å². The zero-order chi connectivity index (χ0) is 11.1. The molecule has 1 amide bonds. The Morgan fingerprint density at radius 1 is 1.40 bits per heavy atom. The Morgan fingerprint density at radius 2 is 2.07 bits per heavy atom. The van der Waals surface area contributed by atoms with Crippen LogP contribution >= 0.6 is 0 Å². The average molecular weight is 212 g/mol. The highest BCUT2D eigenvalue weighted by atomic mass is 16.1. The number of amides is 1. The van der Waals surface area contributed by atoms with Gasteiger partial charge < -0.3 is 11.1 Å². The molecule has 0 aromatic rings. The number of hydrogen-bond donors (Lipinski definition) is 2. The minimum atomic E-state index is -0.0852. The molecule has 3 nitrogen and oxygen atoms in total. The van der Waals surface area contributed by atoms with Crippen LogP contribution in [0.25, 0.3) is 0 Å². The third-order valence-corrected chi connectivity index (χ3v) is 3.44. The fraction of sp³-hybridized carbons (Fsp3) is 0.917. The second-order valence-corrected chi connectivity index (χ2v) is 4.59. The lowest BCUT2D eigenvalue weighted by molar-refractivity contribution is -0.124. The van der Waals surface area contributed by atoms with Gasteiger partial charge in [-0.1, -0.05) is 26.2 Å². The number of nitrogens with one attached hydrogen (secondary N) is 1. The number of unbranched alkanes of at least 4 members (excludes halogenated alkanes) is 2. The molecular weight excluding hydrogens is 188 g/mol. The molecule has 3 heteroatoms. The molecule has 1 heterocycles. The molecule has 0 radical (unpaired) electrons. The topological polar surface area (TPSA) is 55.1 Å². The van der Waals surface area contributed by atoms with Crippen molar-refractivity contribution in [2.24, 2.45) is 17.6 Å². The van der Waals surface area contributed by atoms with Gasteiger partial charge in [0.1, 0.15) is 0 Å². The predicted octanol–water partition coefficient (Wildman–Crippen LogP) is 1.67. The molecule has 0 spiro atoms. The monoisotopic (exact) mass is 212 g/mol. The molecule has 0 aromatic heterocycles. The van der Waals surface area contributed by atoms with Gasteiger partial charge in [0.05, 0.1) is 0 Å². The number of carbonyl (C=O) groups excluding carboxylic acids is 1. The average Bonchev–Trinajstić information content (AvgIpc) is 2.25. The molecule has 88 valence electrons. The Labute approximate surface area is 92.8 Å². The van der Waals surface area contributed by atoms with E-state index in [0.29, 0.717) is 5.92 Å². The van der Waals surface area contributed by atoms with E-state index < -0.39 is 0 Å². The summed E-state index contributed by atoms with van der Waals surface area (Å²) in [4.78, 5) is 11.4. The molecule has 0 saturated carbocycles. The van der Waals surface area contributed by atoms with Crippen LogP contribution in [-0.4, -0.2) is 19.0 Å². The van der Waals surface area contributed by atoms with E-state index >= 15 is 0 Å². The molecule has 1 saturated heterocycles. The van der Waals surface area contributed by atoms with Crippen LogP contribution in [-0.2, 0) is 4.79 Å². The summed E-state index contributed by atoms with van der Waals surface area (Å²) in [6.45, 7) is 4.27. The van der Waals surface area contributed by atoms with Crippen LogP contribution < -0.4 is 11.1 Å². The summed E-state index contributed by atoms with van der Waals surface area (Å²) in [7, 11) is 0. The second-order valence-electron chi connectivity index (χ2n) is 4.59. The zero-order valence-electron chi connectivity index (χ0n) is 9.80. The maximum absolute atomic E-state index is 11.4. The Balaban J connectivity index is 2.37. The second kappa shape index (κ2) is 6.83. The molecule has 0 bridgehead atoms. The van der Waals surface area contributed by atoms with E-state index in [4.69, 9.17) is 5.73 Å². The molecule has 1 atom stereocenters. The van der Waals surface area contributed by atoms with E-state index in [-0.39, 0.29) is 11.8 Å². The molecule has 1 rings (SSSR count). The minimum absolute atomic E-state index is 0.0852. The van der Waals surface area contributed by atoms with Crippen LogP contribution in [0.3, 0.4) is 0 Å². The van der Waals surface area contributed by atoms with Crippen LogP contribution in [0.4, 0.5) is 0 Å². The fourth-order valence-electron chi connectivity index (χ4n) is 2.47. The zero-order valence-corrected chi connectivity index (χ0v) is 9.80. The van der Waals surface area contributed by atoms with Gasteiger partial charge in [-0.2, -0.15) is 0 Å². The summed E-state index contributed by atoms with van der Waals surface area (Å²) in [5.74, 6) is 0.567. The molecule has 0 aromatic carbocycles. The van der Waals surface area contributed by atoms with Crippen LogP contribution in [0.5, 0.6) is 0 Å². The normalized spacial score (nSPS) is 20.1. The van der Waals surface area contributed by atoms with Gasteiger partial charge in [-0.05, 0) is 38.3 Å². The number of primary amides is 1. The number of piperidine rings is 1. The van der Waals surface area contributed by atoms with Crippen molar-refractivity contribution >= 4 is 5.91 Å². The molecule has 1 aliphatic rings.